The first-order valence-corrected chi connectivity index (χ1v) is 9.42. The summed E-state index contributed by atoms with van der Waals surface area (Å²) < 4.78 is 10.4. The molecule has 1 heterocycles. The number of fused-ring (bicyclic) bond motifs is 1. The lowest BCUT2D eigenvalue weighted by atomic mass is 10.0. The van der Waals surface area contributed by atoms with Crippen LogP contribution < -0.4 is 10.2 Å². The number of aliphatic hydroxyl groups is 1. The minimum atomic E-state index is -0.626. The van der Waals surface area contributed by atoms with Crippen molar-refractivity contribution in [1.82, 2.24) is 15.1 Å². The number of carbonyl (C=O) groups is 1. The van der Waals surface area contributed by atoms with Gasteiger partial charge >= 0.3 is 6.09 Å². The van der Waals surface area contributed by atoms with Crippen molar-refractivity contribution < 1.29 is 19.4 Å². The molecule has 8 heteroatoms. The molecule has 0 aliphatic heterocycles. The van der Waals surface area contributed by atoms with Crippen LogP contribution in [0.3, 0.4) is 0 Å². The highest BCUT2D eigenvalue weighted by Gasteiger charge is 2.19. The number of hydrogen-bond donors (Lipinski definition) is 2. The molecule has 0 aliphatic rings. The first-order chi connectivity index (χ1) is 13.8. The highest BCUT2D eigenvalue weighted by atomic mass is 16.6. The summed E-state index contributed by atoms with van der Waals surface area (Å²) >= 11 is 0. The van der Waals surface area contributed by atoms with Crippen LogP contribution in [0.4, 0.5) is 4.79 Å². The first kappa shape index (κ1) is 20.6. The summed E-state index contributed by atoms with van der Waals surface area (Å²) in [6.45, 7) is 5.37. The fourth-order valence-electron chi connectivity index (χ4n) is 2.99. The summed E-state index contributed by atoms with van der Waals surface area (Å²) in [5.41, 5.74) is 5.04. The SMILES string of the molecule is COc1ccc(C(O)CCc2cccc3nnn(NC(=O)OC(C)(C)C)c23)cc1. The molecule has 3 rings (SSSR count). The smallest absolute Gasteiger partial charge is 0.428 e. The second-order valence-electron chi connectivity index (χ2n) is 7.73. The second kappa shape index (κ2) is 8.48. The Morgan fingerprint density at radius 1 is 1.21 bits per heavy atom. The van der Waals surface area contributed by atoms with Crippen LogP contribution in [-0.2, 0) is 11.2 Å². The fraction of sp³-hybridized carbons (Fsp3) is 0.381. The van der Waals surface area contributed by atoms with Crippen LogP contribution in [0.25, 0.3) is 11.0 Å². The number of para-hydroxylation sites is 1. The molecule has 0 spiro atoms. The van der Waals surface area contributed by atoms with E-state index in [9.17, 15) is 9.90 Å². The number of aryl methyl sites for hydroxylation is 1. The average Bonchev–Trinajstić information content (AvgIpc) is 3.08. The van der Waals surface area contributed by atoms with Crippen molar-refractivity contribution in [2.45, 2.75) is 45.3 Å². The van der Waals surface area contributed by atoms with Gasteiger partial charge < -0.3 is 14.6 Å². The maximum absolute atomic E-state index is 12.1. The van der Waals surface area contributed by atoms with E-state index < -0.39 is 17.8 Å². The summed E-state index contributed by atoms with van der Waals surface area (Å²) in [5, 5.41) is 18.6. The number of rotatable bonds is 6. The van der Waals surface area contributed by atoms with Gasteiger partial charge in [-0.2, -0.15) is 0 Å². The molecule has 154 valence electrons. The summed E-state index contributed by atoms with van der Waals surface area (Å²) in [5.74, 6) is 0.744. The molecule has 29 heavy (non-hydrogen) atoms. The molecule has 0 radical (unpaired) electrons. The molecule has 1 amide bonds. The molecule has 1 unspecified atom stereocenters. The van der Waals surface area contributed by atoms with Crippen LogP contribution in [-0.4, -0.2) is 39.0 Å². The van der Waals surface area contributed by atoms with Crippen molar-refractivity contribution in [3.05, 3.63) is 53.6 Å². The number of carbonyl (C=O) groups excluding carboxylic acids is 1. The van der Waals surface area contributed by atoms with Gasteiger partial charge in [-0.1, -0.05) is 24.3 Å². The quantitative estimate of drug-likeness (QED) is 0.658. The summed E-state index contributed by atoms with van der Waals surface area (Å²) in [4.78, 5) is 13.4. The molecular weight excluding hydrogens is 372 g/mol. The lowest BCUT2D eigenvalue weighted by Crippen LogP contribution is -2.32. The van der Waals surface area contributed by atoms with Crippen molar-refractivity contribution in [1.29, 1.82) is 0 Å². The Labute approximate surface area is 169 Å². The summed E-state index contributed by atoms with van der Waals surface area (Å²) in [7, 11) is 1.61. The van der Waals surface area contributed by atoms with Crippen molar-refractivity contribution in [2.75, 3.05) is 12.5 Å². The van der Waals surface area contributed by atoms with Crippen LogP contribution in [0.15, 0.2) is 42.5 Å². The Kier molecular flexibility index (Phi) is 6.03. The van der Waals surface area contributed by atoms with Gasteiger partial charge in [-0.3, -0.25) is 0 Å². The normalized spacial score (nSPS) is 12.6. The van der Waals surface area contributed by atoms with Crippen LogP contribution in [0.2, 0.25) is 0 Å². The van der Waals surface area contributed by atoms with E-state index in [0.29, 0.717) is 23.9 Å². The van der Waals surface area contributed by atoms with Gasteiger partial charge in [0.1, 0.15) is 22.4 Å². The Balaban J connectivity index is 1.75. The van der Waals surface area contributed by atoms with E-state index >= 15 is 0 Å². The first-order valence-electron chi connectivity index (χ1n) is 9.42. The Hall–Kier alpha value is -3.13. The monoisotopic (exact) mass is 398 g/mol. The van der Waals surface area contributed by atoms with Gasteiger partial charge in [-0.05, 0) is 68.2 Å². The predicted octanol–water partition coefficient (Wildman–Crippen LogP) is 3.58. The van der Waals surface area contributed by atoms with Gasteiger partial charge in [0, 0.05) is 0 Å². The number of benzene rings is 2. The number of nitrogens with one attached hydrogen (secondary N) is 1. The van der Waals surface area contributed by atoms with Crippen LogP contribution in [0.1, 0.15) is 44.4 Å². The van der Waals surface area contributed by atoms with E-state index in [-0.39, 0.29) is 0 Å². The van der Waals surface area contributed by atoms with Crippen molar-refractivity contribution in [3.63, 3.8) is 0 Å². The molecular formula is C21H26N4O4. The predicted molar refractivity (Wildman–Crippen MR) is 109 cm³/mol. The molecule has 2 aromatic carbocycles. The van der Waals surface area contributed by atoms with Crippen molar-refractivity contribution in [2.24, 2.45) is 0 Å². The van der Waals surface area contributed by atoms with Gasteiger partial charge in [-0.15, -0.1) is 9.89 Å². The largest absolute Gasteiger partial charge is 0.497 e. The third-order valence-corrected chi connectivity index (χ3v) is 4.34. The van der Waals surface area contributed by atoms with Gasteiger partial charge in [0.05, 0.1) is 13.2 Å². The third kappa shape index (κ3) is 5.23. The maximum Gasteiger partial charge on any atom is 0.428 e. The molecule has 0 saturated carbocycles. The van der Waals surface area contributed by atoms with E-state index in [1.807, 2.05) is 42.5 Å². The molecule has 8 nitrogen and oxygen atoms in total. The molecule has 0 aliphatic carbocycles. The number of aromatic nitrogens is 3. The van der Waals surface area contributed by atoms with Crippen molar-refractivity contribution in [3.8, 4) is 5.75 Å². The van der Waals surface area contributed by atoms with Crippen LogP contribution >= 0.6 is 0 Å². The maximum atomic E-state index is 12.1. The van der Waals surface area contributed by atoms with Gasteiger partial charge in [0.15, 0.2) is 0 Å². The molecule has 0 bridgehead atoms. The zero-order valence-corrected chi connectivity index (χ0v) is 17.0. The standard InChI is InChI=1S/C21H26N4O4/c1-21(2,3)29-20(27)23-25-19-15(6-5-7-17(19)22-24-25)10-13-18(26)14-8-11-16(28-4)12-9-14/h5-9,11-12,18,26H,10,13H2,1-4H3,(H,23,27). The van der Waals surface area contributed by atoms with Crippen molar-refractivity contribution >= 4 is 17.1 Å². The number of nitrogens with zero attached hydrogens (tertiary/aromatic N) is 3. The minimum absolute atomic E-state index is 0.503. The second-order valence-corrected chi connectivity index (χ2v) is 7.73. The van der Waals surface area contributed by atoms with Gasteiger partial charge in [0.2, 0.25) is 0 Å². The zero-order chi connectivity index (χ0) is 21.0. The highest BCUT2D eigenvalue weighted by molar-refractivity contribution is 5.82. The number of aliphatic hydroxyl groups excluding tert-OH is 1. The van der Waals surface area contributed by atoms with Crippen LogP contribution in [0, 0.1) is 0 Å². The molecule has 1 atom stereocenters. The van der Waals surface area contributed by atoms with Gasteiger partial charge in [-0.25, -0.2) is 10.2 Å². The summed E-state index contributed by atoms with van der Waals surface area (Å²) in [6.07, 6.45) is -0.159. The van der Waals surface area contributed by atoms with E-state index in [0.717, 1.165) is 16.9 Å². The zero-order valence-electron chi connectivity index (χ0n) is 17.0. The van der Waals surface area contributed by atoms with E-state index in [4.69, 9.17) is 9.47 Å². The Bertz CT molecular complexity index is 977. The number of ether oxygens (including phenoxy) is 2. The highest BCUT2D eigenvalue weighted by Crippen LogP contribution is 2.24. The van der Waals surface area contributed by atoms with E-state index in [1.54, 1.807) is 27.9 Å². The lowest BCUT2D eigenvalue weighted by Gasteiger charge is -2.19. The number of methoxy groups -OCH3 is 1. The van der Waals surface area contributed by atoms with E-state index in [1.165, 1.54) is 4.79 Å². The molecule has 2 N–H and O–H groups in total. The third-order valence-electron chi connectivity index (χ3n) is 4.34. The lowest BCUT2D eigenvalue weighted by molar-refractivity contribution is 0.0610. The summed E-state index contributed by atoms with van der Waals surface area (Å²) in [6, 6.07) is 13.0. The Morgan fingerprint density at radius 2 is 1.93 bits per heavy atom. The average molecular weight is 398 g/mol. The Morgan fingerprint density at radius 3 is 2.59 bits per heavy atom. The van der Waals surface area contributed by atoms with E-state index in [2.05, 4.69) is 15.7 Å². The number of amides is 1. The molecule has 3 aromatic rings. The minimum Gasteiger partial charge on any atom is -0.497 e. The van der Waals surface area contributed by atoms with Gasteiger partial charge in [0.25, 0.3) is 0 Å². The molecule has 0 saturated heterocycles. The molecule has 1 aromatic heterocycles. The molecule has 0 fully saturated rings. The van der Waals surface area contributed by atoms with Crippen LogP contribution in [0.5, 0.6) is 5.75 Å². The number of hydrogen-bond acceptors (Lipinski definition) is 6. The topological polar surface area (TPSA) is 98.5 Å². The fourth-order valence-corrected chi connectivity index (χ4v) is 2.99.